The second-order valence-corrected chi connectivity index (χ2v) is 4.88. The van der Waals surface area contributed by atoms with Crippen LogP contribution in [0.1, 0.15) is 11.1 Å². The first-order valence-corrected chi connectivity index (χ1v) is 6.61. The Morgan fingerprint density at radius 1 is 1.43 bits per heavy atom. The van der Waals surface area contributed by atoms with Gasteiger partial charge in [-0.25, -0.2) is 4.98 Å². The van der Waals surface area contributed by atoms with E-state index in [1.807, 2.05) is 24.3 Å². The molecule has 0 atom stereocenters. The van der Waals surface area contributed by atoms with Gasteiger partial charge in [0, 0.05) is 24.5 Å². The van der Waals surface area contributed by atoms with Gasteiger partial charge in [0.2, 0.25) is 11.8 Å². The fourth-order valence-electron chi connectivity index (χ4n) is 2.32. The lowest BCUT2D eigenvalue weighted by Crippen LogP contribution is -2.05. The molecular weight excluding hydrogens is 268 g/mol. The minimum absolute atomic E-state index is 0.000389. The van der Waals surface area contributed by atoms with Gasteiger partial charge in [0.15, 0.2) is 0 Å². The summed E-state index contributed by atoms with van der Waals surface area (Å²) in [7, 11) is 1.58. The number of benzene rings is 1. The summed E-state index contributed by atoms with van der Waals surface area (Å²) in [6, 6.07) is 7.47. The zero-order chi connectivity index (χ0) is 14.8. The summed E-state index contributed by atoms with van der Waals surface area (Å²) in [5, 5.41) is 6.08. The molecule has 0 aliphatic carbocycles. The van der Waals surface area contributed by atoms with Crippen molar-refractivity contribution in [2.24, 2.45) is 0 Å². The highest BCUT2D eigenvalue weighted by Crippen LogP contribution is 2.31. The van der Waals surface area contributed by atoms with Crippen LogP contribution in [0, 0.1) is 0 Å². The van der Waals surface area contributed by atoms with Crippen LogP contribution in [0.15, 0.2) is 30.5 Å². The molecule has 0 saturated heterocycles. The van der Waals surface area contributed by atoms with Gasteiger partial charge in [-0.1, -0.05) is 0 Å². The molecule has 2 heterocycles. The number of fused-ring (bicyclic) bond motifs is 1. The van der Waals surface area contributed by atoms with E-state index in [2.05, 4.69) is 15.6 Å². The van der Waals surface area contributed by atoms with Crippen LogP contribution in [0.2, 0.25) is 0 Å². The van der Waals surface area contributed by atoms with Gasteiger partial charge in [0.05, 0.1) is 24.9 Å². The average molecular weight is 284 g/mol. The normalized spacial score (nSPS) is 12.7. The Morgan fingerprint density at radius 3 is 3.10 bits per heavy atom. The molecule has 0 unspecified atom stereocenters. The molecule has 1 amide bonds. The van der Waals surface area contributed by atoms with E-state index in [0.717, 1.165) is 22.5 Å². The van der Waals surface area contributed by atoms with Crippen LogP contribution < -0.4 is 21.1 Å². The molecule has 6 nitrogen and oxygen atoms in total. The average Bonchev–Trinajstić information content (AvgIpc) is 2.84. The number of nitrogens with two attached hydrogens (primary N) is 1. The van der Waals surface area contributed by atoms with Gasteiger partial charge in [-0.3, -0.25) is 4.79 Å². The molecular formula is C15H16N4O2. The fourth-order valence-corrected chi connectivity index (χ4v) is 2.32. The van der Waals surface area contributed by atoms with E-state index in [9.17, 15) is 4.79 Å². The van der Waals surface area contributed by atoms with Crippen molar-refractivity contribution >= 4 is 23.0 Å². The third kappa shape index (κ3) is 2.74. The lowest BCUT2D eigenvalue weighted by atomic mass is 10.1. The van der Waals surface area contributed by atoms with E-state index >= 15 is 0 Å². The molecule has 2 aromatic rings. The van der Waals surface area contributed by atoms with Crippen molar-refractivity contribution in [3.8, 4) is 5.88 Å². The number of carbonyl (C=O) groups is 1. The van der Waals surface area contributed by atoms with Crippen LogP contribution in [-0.4, -0.2) is 18.0 Å². The molecule has 108 valence electrons. The van der Waals surface area contributed by atoms with E-state index in [1.165, 1.54) is 0 Å². The highest BCUT2D eigenvalue weighted by molar-refractivity contribution is 6.00. The molecule has 1 aliphatic heterocycles. The van der Waals surface area contributed by atoms with Gasteiger partial charge in [-0.2, -0.15) is 0 Å². The van der Waals surface area contributed by atoms with Crippen molar-refractivity contribution in [2.75, 3.05) is 23.5 Å². The molecule has 1 aromatic carbocycles. The Kier molecular flexibility index (Phi) is 3.35. The molecule has 3 rings (SSSR count). The first kappa shape index (κ1) is 13.2. The quantitative estimate of drug-likeness (QED) is 0.745. The van der Waals surface area contributed by atoms with Gasteiger partial charge >= 0.3 is 0 Å². The van der Waals surface area contributed by atoms with Gasteiger partial charge in [-0.15, -0.1) is 0 Å². The van der Waals surface area contributed by atoms with Gasteiger partial charge < -0.3 is 21.1 Å². The number of hydrogen-bond donors (Lipinski definition) is 3. The van der Waals surface area contributed by atoms with Crippen molar-refractivity contribution in [2.45, 2.75) is 13.0 Å². The number of pyridine rings is 1. The Bertz CT molecular complexity index is 700. The predicted octanol–water partition coefficient (Wildman–Crippen LogP) is 1.78. The summed E-state index contributed by atoms with van der Waals surface area (Å²) in [5.74, 6) is 0.573. The molecule has 4 N–H and O–H groups in total. The summed E-state index contributed by atoms with van der Waals surface area (Å²) in [5.41, 5.74) is 10.2. The molecule has 0 bridgehead atoms. The Balaban J connectivity index is 1.76. The van der Waals surface area contributed by atoms with E-state index in [0.29, 0.717) is 24.5 Å². The number of nitrogens with zero attached hydrogens (tertiary/aromatic N) is 1. The van der Waals surface area contributed by atoms with E-state index < -0.39 is 0 Å². The first-order chi connectivity index (χ1) is 10.2. The van der Waals surface area contributed by atoms with Crippen molar-refractivity contribution in [1.82, 2.24) is 4.98 Å². The smallest absolute Gasteiger partial charge is 0.228 e. The molecule has 1 aliphatic rings. The third-order valence-electron chi connectivity index (χ3n) is 3.39. The number of aromatic nitrogens is 1. The van der Waals surface area contributed by atoms with Crippen LogP contribution in [0.3, 0.4) is 0 Å². The summed E-state index contributed by atoms with van der Waals surface area (Å²) < 4.78 is 5.09. The Morgan fingerprint density at radius 2 is 2.29 bits per heavy atom. The van der Waals surface area contributed by atoms with Crippen LogP contribution in [0.4, 0.5) is 17.1 Å². The van der Waals surface area contributed by atoms with Gasteiger partial charge in [-0.05, 0) is 29.3 Å². The van der Waals surface area contributed by atoms with Crippen LogP contribution in [-0.2, 0) is 17.8 Å². The largest absolute Gasteiger partial charge is 0.481 e. The summed E-state index contributed by atoms with van der Waals surface area (Å²) in [4.78, 5) is 15.4. The molecule has 0 radical (unpaired) electrons. The SMILES string of the molecule is COc1cc(CNc2cc3c(cc2N)CC(=O)N3)ccn1. The number of rotatable bonds is 4. The van der Waals surface area contributed by atoms with E-state index in [-0.39, 0.29) is 5.91 Å². The minimum atomic E-state index is 0.000389. The lowest BCUT2D eigenvalue weighted by molar-refractivity contribution is -0.115. The highest BCUT2D eigenvalue weighted by Gasteiger charge is 2.19. The number of amides is 1. The van der Waals surface area contributed by atoms with Gasteiger partial charge in [0.25, 0.3) is 0 Å². The summed E-state index contributed by atoms with van der Waals surface area (Å²) >= 11 is 0. The number of carbonyl (C=O) groups excluding carboxylic acids is 1. The number of nitrogen functional groups attached to an aromatic ring is 1. The van der Waals surface area contributed by atoms with Crippen LogP contribution in [0.5, 0.6) is 5.88 Å². The zero-order valence-electron chi connectivity index (χ0n) is 11.6. The zero-order valence-corrected chi connectivity index (χ0v) is 11.6. The first-order valence-electron chi connectivity index (χ1n) is 6.61. The fraction of sp³-hybridized carbons (Fsp3) is 0.200. The van der Waals surface area contributed by atoms with Crippen molar-refractivity contribution in [3.63, 3.8) is 0 Å². The second-order valence-electron chi connectivity index (χ2n) is 4.88. The van der Waals surface area contributed by atoms with Crippen molar-refractivity contribution < 1.29 is 9.53 Å². The Labute approximate surface area is 122 Å². The predicted molar refractivity (Wildman–Crippen MR) is 81.3 cm³/mol. The van der Waals surface area contributed by atoms with E-state index in [4.69, 9.17) is 10.5 Å². The Hall–Kier alpha value is -2.76. The number of nitrogens with one attached hydrogen (secondary N) is 2. The molecule has 21 heavy (non-hydrogen) atoms. The molecule has 0 saturated carbocycles. The molecule has 0 fully saturated rings. The molecule has 6 heteroatoms. The lowest BCUT2D eigenvalue weighted by Gasteiger charge is -2.12. The third-order valence-corrected chi connectivity index (χ3v) is 3.39. The summed E-state index contributed by atoms with van der Waals surface area (Å²) in [6.07, 6.45) is 2.09. The minimum Gasteiger partial charge on any atom is -0.481 e. The van der Waals surface area contributed by atoms with Gasteiger partial charge in [0.1, 0.15) is 0 Å². The topological polar surface area (TPSA) is 89.3 Å². The number of ether oxygens (including phenoxy) is 1. The standard InChI is InChI=1S/C15H16N4O2/c1-21-15-4-9(2-3-17-15)8-18-13-7-12-10(5-11(13)16)6-14(20)19-12/h2-5,7,18H,6,8,16H2,1H3,(H,19,20). The number of methoxy groups -OCH3 is 1. The monoisotopic (exact) mass is 284 g/mol. The van der Waals surface area contributed by atoms with Crippen LogP contribution in [0.25, 0.3) is 0 Å². The summed E-state index contributed by atoms with van der Waals surface area (Å²) in [6.45, 7) is 0.593. The second kappa shape index (κ2) is 5.32. The maximum atomic E-state index is 11.4. The maximum absolute atomic E-state index is 11.4. The van der Waals surface area contributed by atoms with Crippen molar-refractivity contribution in [3.05, 3.63) is 41.6 Å². The highest BCUT2D eigenvalue weighted by atomic mass is 16.5. The van der Waals surface area contributed by atoms with Crippen LogP contribution >= 0.6 is 0 Å². The molecule has 1 aromatic heterocycles. The number of hydrogen-bond acceptors (Lipinski definition) is 5. The van der Waals surface area contributed by atoms with E-state index in [1.54, 1.807) is 13.3 Å². The molecule has 0 spiro atoms. The maximum Gasteiger partial charge on any atom is 0.228 e. The van der Waals surface area contributed by atoms with Crippen molar-refractivity contribution in [1.29, 1.82) is 0 Å². The number of anilines is 3.